The SMILES string of the molecule is Cc1cc(-c2ccncc2-c2cc(F)c(CS(=O)(=O)Cc3c(F)cc(-c4cnccc4-c4ccc(OC(F)(F)F)c(C)c4)cc3F)c(F)c2)ccc1OC(F)(F)F. The van der Waals surface area contributed by atoms with Crippen LogP contribution in [0.25, 0.3) is 44.5 Å². The third kappa shape index (κ3) is 9.53. The van der Waals surface area contributed by atoms with Crippen molar-refractivity contribution >= 4 is 9.84 Å². The maximum atomic E-state index is 15.5. The fourth-order valence-corrected chi connectivity index (χ4v) is 7.68. The molecule has 0 radical (unpaired) electrons. The van der Waals surface area contributed by atoms with Gasteiger partial charge in [0.15, 0.2) is 9.84 Å². The standard InChI is InChI=1S/C40H26F10N2O4S/c1-21-11-23(3-5-37(21)55-39(45,46)47)27-7-9-51-17-29(27)25-13-33(41)31(34(42)14-25)19-57(53,54)20-32-35(43)15-26(16-36(32)44)30-18-52-10-8-28(30)24-4-6-38(22(2)12-24)56-40(48,49)50/h3-18H,19-20H2,1-2H3. The maximum Gasteiger partial charge on any atom is 0.573 e. The second-order valence-corrected chi connectivity index (χ2v) is 14.8. The summed E-state index contributed by atoms with van der Waals surface area (Å²) in [6.07, 6.45) is -4.66. The molecule has 0 unspecified atom stereocenters. The highest BCUT2D eigenvalue weighted by Gasteiger charge is 2.33. The fourth-order valence-electron chi connectivity index (χ4n) is 6.15. The van der Waals surface area contributed by atoms with Crippen molar-refractivity contribution in [3.05, 3.63) is 143 Å². The first-order valence-corrected chi connectivity index (χ1v) is 18.3. The minimum absolute atomic E-state index is 0.0919. The lowest BCUT2D eigenvalue weighted by atomic mass is 9.94. The van der Waals surface area contributed by atoms with Gasteiger partial charge in [-0.2, -0.15) is 0 Å². The van der Waals surface area contributed by atoms with Gasteiger partial charge < -0.3 is 9.47 Å². The Morgan fingerprint density at radius 3 is 1.18 bits per heavy atom. The number of aryl methyl sites for hydroxylation is 2. The van der Waals surface area contributed by atoms with Gasteiger partial charge in [0.1, 0.15) is 34.8 Å². The number of nitrogens with zero attached hydrogens (tertiary/aromatic N) is 2. The second kappa shape index (κ2) is 15.5. The van der Waals surface area contributed by atoms with E-state index in [9.17, 15) is 34.8 Å². The first kappa shape index (κ1) is 40.7. The van der Waals surface area contributed by atoms with E-state index < -0.39 is 80.0 Å². The first-order valence-electron chi connectivity index (χ1n) is 16.5. The average molecular weight is 821 g/mol. The summed E-state index contributed by atoms with van der Waals surface area (Å²) in [5.74, 6) is -8.70. The molecule has 0 aliphatic heterocycles. The zero-order valence-corrected chi connectivity index (χ0v) is 30.2. The molecule has 6 rings (SSSR count). The van der Waals surface area contributed by atoms with Crippen molar-refractivity contribution in [3.63, 3.8) is 0 Å². The van der Waals surface area contributed by atoms with Crippen LogP contribution in [0.1, 0.15) is 22.3 Å². The van der Waals surface area contributed by atoms with Gasteiger partial charge in [0, 0.05) is 47.0 Å². The third-order valence-electron chi connectivity index (χ3n) is 8.70. The molecule has 17 heteroatoms. The van der Waals surface area contributed by atoms with Crippen molar-refractivity contribution < 1.29 is 61.8 Å². The lowest BCUT2D eigenvalue weighted by molar-refractivity contribution is -0.275. The largest absolute Gasteiger partial charge is 0.573 e. The quantitative estimate of drug-likeness (QED) is 0.128. The summed E-state index contributed by atoms with van der Waals surface area (Å²) in [6.45, 7) is 2.74. The van der Waals surface area contributed by atoms with Gasteiger partial charge in [0.05, 0.1) is 11.5 Å². The Hall–Kier alpha value is -5.97. The van der Waals surface area contributed by atoms with Gasteiger partial charge in [-0.3, -0.25) is 9.97 Å². The Morgan fingerprint density at radius 2 is 0.860 bits per heavy atom. The molecule has 6 aromatic rings. The highest BCUT2D eigenvalue weighted by molar-refractivity contribution is 7.89. The Balaban J connectivity index is 1.25. The second-order valence-electron chi connectivity index (χ2n) is 12.8. The number of halogens is 10. The monoisotopic (exact) mass is 820 g/mol. The van der Waals surface area contributed by atoms with Crippen LogP contribution in [0, 0.1) is 37.1 Å². The van der Waals surface area contributed by atoms with E-state index in [0.29, 0.717) is 22.3 Å². The van der Waals surface area contributed by atoms with Gasteiger partial charge in [-0.1, -0.05) is 12.1 Å². The van der Waals surface area contributed by atoms with Gasteiger partial charge >= 0.3 is 12.7 Å². The molecular weight excluding hydrogens is 794 g/mol. The summed E-state index contributed by atoms with van der Waals surface area (Å²) in [7, 11) is -4.65. The molecule has 0 N–H and O–H groups in total. The molecule has 4 aromatic carbocycles. The number of rotatable bonds is 10. The molecule has 0 atom stereocenters. The lowest BCUT2D eigenvalue weighted by Gasteiger charge is -2.15. The number of aromatic nitrogens is 2. The van der Waals surface area contributed by atoms with E-state index in [0.717, 1.165) is 36.4 Å². The fraction of sp³-hybridized carbons (Fsp3) is 0.150. The van der Waals surface area contributed by atoms with Crippen molar-refractivity contribution in [2.45, 2.75) is 38.1 Å². The van der Waals surface area contributed by atoms with E-state index in [1.54, 1.807) is 0 Å². The van der Waals surface area contributed by atoms with Gasteiger partial charge in [-0.15, -0.1) is 26.3 Å². The average Bonchev–Trinajstić information content (AvgIpc) is 3.12. The van der Waals surface area contributed by atoms with Crippen LogP contribution in [0.2, 0.25) is 0 Å². The summed E-state index contributed by atoms with van der Waals surface area (Å²) < 4.78 is 173. The van der Waals surface area contributed by atoms with Crippen LogP contribution in [0.15, 0.2) is 97.6 Å². The normalized spacial score (nSPS) is 12.1. The van der Waals surface area contributed by atoms with Gasteiger partial charge in [0.25, 0.3) is 0 Å². The van der Waals surface area contributed by atoms with E-state index in [1.807, 2.05) is 0 Å². The molecule has 6 nitrogen and oxygen atoms in total. The molecule has 0 fully saturated rings. The van der Waals surface area contributed by atoms with Crippen LogP contribution in [0.4, 0.5) is 43.9 Å². The molecule has 0 aliphatic rings. The molecular formula is C40H26F10N2O4S. The van der Waals surface area contributed by atoms with Gasteiger partial charge in [-0.05, 0) is 119 Å². The third-order valence-corrected chi connectivity index (χ3v) is 10.2. The van der Waals surface area contributed by atoms with Crippen LogP contribution < -0.4 is 9.47 Å². The predicted molar refractivity (Wildman–Crippen MR) is 189 cm³/mol. The molecule has 0 bridgehead atoms. The highest BCUT2D eigenvalue weighted by atomic mass is 32.2. The molecule has 2 heterocycles. The number of pyridine rings is 2. The number of benzene rings is 4. The zero-order chi connectivity index (χ0) is 41.4. The molecule has 0 amide bonds. The van der Waals surface area contributed by atoms with E-state index in [4.69, 9.17) is 0 Å². The van der Waals surface area contributed by atoms with Gasteiger partial charge in [0.2, 0.25) is 0 Å². The topological polar surface area (TPSA) is 78.4 Å². The van der Waals surface area contributed by atoms with E-state index in [2.05, 4.69) is 19.4 Å². The Morgan fingerprint density at radius 1 is 0.509 bits per heavy atom. The molecule has 0 saturated carbocycles. The van der Waals surface area contributed by atoms with Crippen molar-refractivity contribution in [2.75, 3.05) is 0 Å². The number of hydrogen-bond donors (Lipinski definition) is 0. The molecule has 57 heavy (non-hydrogen) atoms. The molecule has 296 valence electrons. The van der Waals surface area contributed by atoms with Crippen LogP contribution >= 0.6 is 0 Å². The van der Waals surface area contributed by atoms with Crippen LogP contribution in [0.5, 0.6) is 11.5 Å². The van der Waals surface area contributed by atoms with Crippen molar-refractivity contribution in [2.24, 2.45) is 0 Å². The molecule has 0 spiro atoms. The molecule has 0 aliphatic carbocycles. The Bertz CT molecular complexity index is 2390. The number of sulfone groups is 1. The lowest BCUT2D eigenvalue weighted by Crippen LogP contribution is -2.17. The summed E-state index contributed by atoms with van der Waals surface area (Å²) in [5, 5.41) is 0. The van der Waals surface area contributed by atoms with Crippen molar-refractivity contribution in [3.8, 4) is 56.0 Å². The summed E-state index contributed by atoms with van der Waals surface area (Å²) in [5.41, 5.74) is -0.138. The van der Waals surface area contributed by atoms with Crippen LogP contribution in [0.3, 0.4) is 0 Å². The van der Waals surface area contributed by atoms with Crippen LogP contribution in [-0.2, 0) is 21.3 Å². The maximum absolute atomic E-state index is 15.5. The first-order chi connectivity index (χ1) is 26.7. The smallest absolute Gasteiger partial charge is 0.406 e. The summed E-state index contributed by atoms with van der Waals surface area (Å²) >= 11 is 0. The van der Waals surface area contributed by atoms with E-state index in [1.165, 1.54) is 75.0 Å². The highest BCUT2D eigenvalue weighted by Crippen LogP contribution is 2.38. The number of ether oxygens (including phenoxy) is 2. The number of hydrogen-bond acceptors (Lipinski definition) is 6. The zero-order valence-electron chi connectivity index (χ0n) is 29.4. The van der Waals surface area contributed by atoms with Crippen LogP contribution in [-0.4, -0.2) is 31.1 Å². The Kier molecular flexibility index (Phi) is 11.1. The Labute approximate surface area is 318 Å². The van der Waals surface area contributed by atoms with E-state index >= 15 is 17.6 Å². The van der Waals surface area contributed by atoms with E-state index in [-0.39, 0.29) is 33.4 Å². The van der Waals surface area contributed by atoms with Crippen molar-refractivity contribution in [1.29, 1.82) is 0 Å². The summed E-state index contributed by atoms with van der Waals surface area (Å²) in [6, 6.07) is 13.8. The minimum atomic E-state index is -4.93. The molecule has 0 saturated heterocycles. The van der Waals surface area contributed by atoms with Gasteiger partial charge in [-0.25, -0.2) is 26.0 Å². The minimum Gasteiger partial charge on any atom is -0.406 e. The predicted octanol–water partition coefficient (Wildman–Crippen LogP) is 11.2. The number of alkyl halides is 6. The molecule has 2 aromatic heterocycles. The summed E-state index contributed by atoms with van der Waals surface area (Å²) in [4.78, 5) is 7.95. The van der Waals surface area contributed by atoms with Crippen molar-refractivity contribution in [1.82, 2.24) is 9.97 Å².